The van der Waals surface area contributed by atoms with Gasteiger partial charge in [-0.05, 0) is 93.3 Å². The van der Waals surface area contributed by atoms with E-state index < -0.39 is 0 Å². The molecule has 1 N–H and O–H groups in total. The van der Waals surface area contributed by atoms with E-state index in [4.69, 9.17) is 0 Å². The molecule has 5 saturated carbocycles. The standard InChI is InChI=1S/C19H29N/c1-12(20-18-8-16-3-2-4-17(16)18)19-9-13-5-14(10-19)7-15(6-13)11-19/h2,4,12-18,20H,3,5-11H2,1H3. The van der Waals surface area contributed by atoms with Crippen LogP contribution in [0.4, 0.5) is 0 Å². The van der Waals surface area contributed by atoms with Crippen LogP contribution in [0.1, 0.15) is 58.3 Å². The third-order valence-corrected chi connectivity index (χ3v) is 7.83. The second kappa shape index (κ2) is 4.12. The monoisotopic (exact) mass is 271 g/mol. The van der Waals surface area contributed by atoms with E-state index in [0.717, 1.165) is 41.7 Å². The van der Waals surface area contributed by atoms with Crippen LogP contribution in [0.3, 0.4) is 0 Å². The molecule has 0 aromatic rings. The smallest absolute Gasteiger partial charge is 0.0138 e. The van der Waals surface area contributed by atoms with Crippen molar-refractivity contribution in [1.82, 2.24) is 5.32 Å². The summed E-state index contributed by atoms with van der Waals surface area (Å²) in [5.74, 6) is 5.14. The minimum atomic E-state index is 0.683. The van der Waals surface area contributed by atoms with Crippen LogP contribution in [0.5, 0.6) is 0 Å². The molecule has 6 aliphatic carbocycles. The van der Waals surface area contributed by atoms with E-state index >= 15 is 0 Å². The Kier molecular flexibility index (Phi) is 2.53. The normalized spacial score (nSPS) is 56.6. The first-order chi connectivity index (χ1) is 9.72. The van der Waals surface area contributed by atoms with Crippen molar-refractivity contribution in [2.24, 2.45) is 35.0 Å². The Balaban J connectivity index is 1.31. The fourth-order valence-corrected chi connectivity index (χ4v) is 7.11. The highest BCUT2D eigenvalue weighted by molar-refractivity contribution is 5.14. The largest absolute Gasteiger partial charge is 0.310 e. The van der Waals surface area contributed by atoms with E-state index in [9.17, 15) is 0 Å². The zero-order valence-corrected chi connectivity index (χ0v) is 12.9. The highest BCUT2D eigenvalue weighted by Crippen LogP contribution is 2.61. The lowest BCUT2D eigenvalue weighted by atomic mass is 9.47. The Hall–Kier alpha value is -0.300. The van der Waals surface area contributed by atoms with Gasteiger partial charge in [0.25, 0.3) is 0 Å². The maximum atomic E-state index is 4.09. The molecule has 0 aromatic carbocycles. The van der Waals surface area contributed by atoms with Crippen molar-refractivity contribution in [2.45, 2.75) is 70.4 Å². The van der Waals surface area contributed by atoms with Crippen LogP contribution in [0.15, 0.2) is 12.2 Å². The molecule has 0 spiro atoms. The number of allylic oxidation sites excluding steroid dienone is 1. The van der Waals surface area contributed by atoms with Crippen LogP contribution in [0.2, 0.25) is 0 Å². The molecule has 0 aromatic heterocycles. The molecule has 5 fully saturated rings. The van der Waals surface area contributed by atoms with Gasteiger partial charge in [-0.2, -0.15) is 0 Å². The van der Waals surface area contributed by atoms with E-state index in [1.54, 1.807) is 38.5 Å². The van der Waals surface area contributed by atoms with Crippen molar-refractivity contribution in [3.05, 3.63) is 12.2 Å². The number of nitrogens with one attached hydrogen (secondary N) is 1. The predicted molar refractivity (Wildman–Crippen MR) is 82.3 cm³/mol. The van der Waals surface area contributed by atoms with E-state index in [2.05, 4.69) is 24.4 Å². The summed E-state index contributed by atoms with van der Waals surface area (Å²) < 4.78 is 0. The zero-order chi connectivity index (χ0) is 13.3. The Morgan fingerprint density at radius 3 is 2.25 bits per heavy atom. The summed E-state index contributed by atoms with van der Waals surface area (Å²) in [6.45, 7) is 2.53. The average Bonchev–Trinajstić information content (AvgIpc) is 2.75. The minimum Gasteiger partial charge on any atom is -0.310 e. The van der Waals surface area contributed by atoms with Crippen molar-refractivity contribution in [1.29, 1.82) is 0 Å². The lowest BCUT2D eigenvalue weighted by Crippen LogP contribution is -2.60. The van der Waals surface area contributed by atoms with Crippen molar-refractivity contribution >= 4 is 0 Å². The van der Waals surface area contributed by atoms with Gasteiger partial charge < -0.3 is 5.32 Å². The van der Waals surface area contributed by atoms with Crippen LogP contribution >= 0.6 is 0 Å². The summed E-state index contributed by atoms with van der Waals surface area (Å²) in [6.07, 6.45) is 17.1. The van der Waals surface area contributed by atoms with Gasteiger partial charge in [0.05, 0.1) is 0 Å². The van der Waals surface area contributed by atoms with Crippen molar-refractivity contribution in [3.63, 3.8) is 0 Å². The number of fused-ring (bicyclic) bond motifs is 1. The summed E-state index contributed by atoms with van der Waals surface area (Å²) in [6, 6.07) is 1.57. The summed E-state index contributed by atoms with van der Waals surface area (Å²) in [5.41, 5.74) is 0.683. The van der Waals surface area contributed by atoms with E-state index in [0.29, 0.717) is 5.41 Å². The van der Waals surface area contributed by atoms with Gasteiger partial charge in [0, 0.05) is 12.1 Å². The lowest BCUT2D eigenvalue weighted by molar-refractivity contribution is -0.0762. The molecule has 1 nitrogen and oxygen atoms in total. The first-order valence-corrected chi connectivity index (χ1v) is 9.14. The molecule has 0 aliphatic heterocycles. The molecule has 0 heterocycles. The van der Waals surface area contributed by atoms with Gasteiger partial charge in [-0.15, -0.1) is 0 Å². The number of hydrogen-bond donors (Lipinski definition) is 1. The van der Waals surface area contributed by atoms with E-state index in [1.807, 2.05) is 0 Å². The fourth-order valence-electron chi connectivity index (χ4n) is 7.11. The van der Waals surface area contributed by atoms with E-state index in [-0.39, 0.29) is 0 Å². The van der Waals surface area contributed by atoms with Gasteiger partial charge in [0.2, 0.25) is 0 Å². The lowest BCUT2D eigenvalue weighted by Gasteiger charge is -2.60. The van der Waals surface area contributed by atoms with Crippen LogP contribution in [-0.4, -0.2) is 12.1 Å². The van der Waals surface area contributed by atoms with Gasteiger partial charge in [-0.25, -0.2) is 0 Å². The highest BCUT2D eigenvalue weighted by atomic mass is 15.0. The Labute approximate surface area is 123 Å². The maximum absolute atomic E-state index is 4.09. The second-order valence-electron chi connectivity index (χ2n) is 9.01. The van der Waals surface area contributed by atoms with Crippen molar-refractivity contribution in [2.75, 3.05) is 0 Å². The van der Waals surface area contributed by atoms with Crippen molar-refractivity contribution in [3.8, 4) is 0 Å². The van der Waals surface area contributed by atoms with Gasteiger partial charge in [0.1, 0.15) is 0 Å². The maximum Gasteiger partial charge on any atom is 0.0138 e. The minimum absolute atomic E-state index is 0.683. The molecule has 4 bridgehead atoms. The van der Waals surface area contributed by atoms with Crippen LogP contribution in [-0.2, 0) is 0 Å². The zero-order valence-electron chi connectivity index (χ0n) is 12.9. The van der Waals surface area contributed by atoms with Gasteiger partial charge in [-0.1, -0.05) is 12.2 Å². The Morgan fingerprint density at radius 1 is 1.00 bits per heavy atom. The molecular weight excluding hydrogens is 242 g/mol. The first-order valence-electron chi connectivity index (χ1n) is 9.14. The summed E-state index contributed by atoms with van der Waals surface area (Å²) in [7, 11) is 0. The number of hydrogen-bond acceptors (Lipinski definition) is 1. The van der Waals surface area contributed by atoms with Gasteiger partial charge >= 0.3 is 0 Å². The van der Waals surface area contributed by atoms with E-state index in [1.165, 1.54) is 12.8 Å². The Morgan fingerprint density at radius 2 is 1.65 bits per heavy atom. The number of rotatable bonds is 3. The third-order valence-electron chi connectivity index (χ3n) is 7.83. The molecule has 6 aliphatic rings. The predicted octanol–water partition coefficient (Wildman–Crippen LogP) is 4.15. The topological polar surface area (TPSA) is 12.0 Å². The SMILES string of the molecule is CC(NC1CC2CC=CC21)C12CC3CC(CC(C3)C1)C2. The molecule has 110 valence electrons. The molecule has 6 rings (SSSR count). The Bertz CT molecular complexity index is 402. The molecule has 0 saturated heterocycles. The quantitative estimate of drug-likeness (QED) is 0.761. The van der Waals surface area contributed by atoms with Crippen molar-refractivity contribution < 1.29 is 0 Å². The third kappa shape index (κ3) is 1.65. The summed E-state index contributed by atoms with van der Waals surface area (Å²) in [4.78, 5) is 0. The van der Waals surface area contributed by atoms with Crippen LogP contribution in [0.25, 0.3) is 0 Å². The average molecular weight is 271 g/mol. The van der Waals surface area contributed by atoms with Gasteiger partial charge in [-0.3, -0.25) is 0 Å². The molecular formula is C19H29N. The highest BCUT2D eigenvalue weighted by Gasteiger charge is 2.54. The molecule has 0 radical (unpaired) electrons. The molecule has 20 heavy (non-hydrogen) atoms. The first kappa shape index (κ1) is 12.3. The molecule has 4 unspecified atom stereocenters. The van der Waals surface area contributed by atoms with Crippen LogP contribution < -0.4 is 5.32 Å². The summed E-state index contributed by atoms with van der Waals surface area (Å²) in [5, 5.41) is 4.09. The molecule has 4 atom stereocenters. The molecule has 1 heteroatoms. The molecule has 0 amide bonds. The second-order valence-corrected chi connectivity index (χ2v) is 9.01. The van der Waals surface area contributed by atoms with Crippen LogP contribution in [0, 0.1) is 35.0 Å². The fraction of sp³-hybridized carbons (Fsp3) is 0.895. The summed E-state index contributed by atoms with van der Waals surface area (Å²) >= 11 is 0. The van der Waals surface area contributed by atoms with Gasteiger partial charge in [0.15, 0.2) is 0 Å².